The van der Waals surface area contributed by atoms with E-state index in [9.17, 15) is 18.9 Å². The van der Waals surface area contributed by atoms with Crippen LogP contribution in [0.5, 0.6) is 0 Å². The molecule has 102 valence electrons. The molecule has 1 N–H and O–H groups in total. The highest BCUT2D eigenvalue weighted by Crippen LogP contribution is 2.23. The van der Waals surface area contributed by atoms with Gasteiger partial charge in [-0.15, -0.1) is 5.06 Å². The van der Waals surface area contributed by atoms with Crippen molar-refractivity contribution in [1.82, 2.24) is 10.2 Å². The number of amides is 2. The molecule has 1 saturated heterocycles. The SMILES string of the molecule is CC(C)OC(=O)CN[PH](=O)ON1C(=O)CCC1=O. The third kappa shape index (κ3) is 4.56. The van der Waals surface area contributed by atoms with Gasteiger partial charge in [-0.3, -0.25) is 18.9 Å². The lowest BCUT2D eigenvalue weighted by atomic mass is 10.4. The minimum atomic E-state index is -2.88. The predicted octanol–water partition coefficient (Wildman–Crippen LogP) is -0.00210. The second-order valence-corrected chi connectivity index (χ2v) is 4.96. The maximum atomic E-state index is 11.4. The van der Waals surface area contributed by atoms with Crippen LogP contribution >= 0.6 is 8.18 Å². The summed E-state index contributed by atoms with van der Waals surface area (Å²) in [7, 11) is -2.88. The molecule has 2 amide bonds. The second kappa shape index (κ2) is 6.63. The number of carbonyl (C=O) groups excluding carboxylic acids is 3. The largest absolute Gasteiger partial charge is 0.462 e. The first-order valence-electron chi connectivity index (χ1n) is 5.41. The first kappa shape index (κ1) is 14.8. The first-order valence-corrected chi connectivity index (χ1v) is 6.73. The van der Waals surface area contributed by atoms with Gasteiger partial charge in [-0.1, -0.05) is 0 Å². The molecule has 1 aliphatic rings. The fourth-order valence-corrected chi connectivity index (χ4v) is 1.94. The Hall–Kier alpha value is -1.24. The van der Waals surface area contributed by atoms with Crippen LogP contribution in [0, 0.1) is 0 Å². The van der Waals surface area contributed by atoms with E-state index in [4.69, 9.17) is 4.74 Å². The molecule has 9 heteroatoms. The topological polar surface area (TPSA) is 102 Å². The van der Waals surface area contributed by atoms with Crippen molar-refractivity contribution >= 4 is 26.0 Å². The van der Waals surface area contributed by atoms with Crippen molar-refractivity contribution in [2.75, 3.05) is 6.54 Å². The van der Waals surface area contributed by atoms with Gasteiger partial charge < -0.3 is 4.74 Å². The van der Waals surface area contributed by atoms with E-state index >= 15 is 0 Å². The van der Waals surface area contributed by atoms with Crippen molar-refractivity contribution in [2.45, 2.75) is 32.8 Å². The Morgan fingerprint density at radius 3 is 2.44 bits per heavy atom. The summed E-state index contributed by atoms with van der Waals surface area (Å²) in [5.41, 5.74) is 0. The van der Waals surface area contributed by atoms with E-state index < -0.39 is 26.0 Å². The van der Waals surface area contributed by atoms with Crippen molar-refractivity contribution in [3.63, 3.8) is 0 Å². The summed E-state index contributed by atoms with van der Waals surface area (Å²) in [6.45, 7) is 3.05. The van der Waals surface area contributed by atoms with E-state index in [-0.39, 0.29) is 25.5 Å². The lowest BCUT2D eigenvalue weighted by molar-refractivity contribution is -0.163. The lowest BCUT2D eigenvalue weighted by Gasteiger charge is -2.13. The van der Waals surface area contributed by atoms with Gasteiger partial charge in [0.1, 0.15) is 6.54 Å². The first-order chi connectivity index (χ1) is 8.40. The summed E-state index contributed by atoms with van der Waals surface area (Å²) in [5.74, 6) is -1.67. The van der Waals surface area contributed by atoms with Crippen LogP contribution in [0.25, 0.3) is 0 Å². The van der Waals surface area contributed by atoms with Crippen LogP contribution in [0.1, 0.15) is 26.7 Å². The number of rotatable bonds is 6. The zero-order valence-corrected chi connectivity index (χ0v) is 11.1. The molecule has 1 atom stereocenters. The molecule has 0 bridgehead atoms. The minimum Gasteiger partial charge on any atom is -0.462 e. The molecular weight excluding hydrogens is 263 g/mol. The van der Waals surface area contributed by atoms with Gasteiger partial charge >= 0.3 is 5.97 Å². The van der Waals surface area contributed by atoms with Crippen LogP contribution in [0.2, 0.25) is 0 Å². The molecule has 1 aliphatic heterocycles. The number of hydrogen-bond acceptors (Lipinski definition) is 6. The van der Waals surface area contributed by atoms with Gasteiger partial charge in [-0.25, -0.2) is 5.09 Å². The third-order valence-electron chi connectivity index (χ3n) is 1.92. The van der Waals surface area contributed by atoms with Gasteiger partial charge in [-0.05, 0) is 13.8 Å². The summed E-state index contributed by atoms with van der Waals surface area (Å²) in [5, 5.41) is 2.73. The van der Waals surface area contributed by atoms with Gasteiger partial charge in [0.15, 0.2) is 0 Å². The van der Waals surface area contributed by atoms with E-state index in [1.807, 2.05) is 0 Å². The van der Waals surface area contributed by atoms with Crippen LogP contribution in [-0.4, -0.2) is 35.5 Å². The molecule has 0 radical (unpaired) electrons. The van der Waals surface area contributed by atoms with Crippen LogP contribution in [-0.2, 0) is 28.3 Å². The molecule has 0 saturated carbocycles. The molecule has 0 aromatic rings. The molecule has 1 fully saturated rings. The van der Waals surface area contributed by atoms with Crippen LogP contribution < -0.4 is 5.09 Å². The Morgan fingerprint density at radius 1 is 1.39 bits per heavy atom. The molecule has 18 heavy (non-hydrogen) atoms. The number of nitrogens with zero attached hydrogens (tertiary/aromatic N) is 1. The van der Waals surface area contributed by atoms with Gasteiger partial charge in [0.2, 0.25) is 0 Å². The van der Waals surface area contributed by atoms with Crippen LogP contribution in [0.3, 0.4) is 0 Å². The number of hydroxylamine groups is 2. The molecular formula is C9H15N2O6P. The average Bonchev–Trinajstić information content (AvgIpc) is 2.57. The van der Waals surface area contributed by atoms with Crippen molar-refractivity contribution < 1.29 is 28.3 Å². The number of nitrogens with one attached hydrogen (secondary N) is 1. The van der Waals surface area contributed by atoms with E-state index in [0.717, 1.165) is 0 Å². The lowest BCUT2D eigenvalue weighted by Crippen LogP contribution is -2.29. The predicted molar refractivity (Wildman–Crippen MR) is 60.4 cm³/mol. The van der Waals surface area contributed by atoms with E-state index in [2.05, 4.69) is 9.71 Å². The Balaban J connectivity index is 2.31. The maximum Gasteiger partial charge on any atom is 0.320 e. The molecule has 1 heterocycles. The third-order valence-corrected chi connectivity index (χ3v) is 2.74. The Morgan fingerprint density at radius 2 is 1.94 bits per heavy atom. The smallest absolute Gasteiger partial charge is 0.320 e. The summed E-state index contributed by atoms with van der Waals surface area (Å²) in [4.78, 5) is 33.4. The van der Waals surface area contributed by atoms with Crippen LogP contribution in [0.4, 0.5) is 0 Å². The Bertz CT molecular complexity index is 367. The summed E-state index contributed by atoms with van der Waals surface area (Å²) >= 11 is 0. The van der Waals surface area contributed by atoms with E-state index in [1.54, 1.807) is 13.8 Å². The quantitative estimate of drug-likeness (QED) is 0.414. The number of carbonyl (C=O) groups is 3. The van der Waals surface area contributed by atoms with Crippen molar-refractivity contribution in [1.29, 1.82) is 0 Å². The number of imide groups is 1. The summed E-state index contributed by atoms with van der Waals surface area (Å²) < 4.78 is 20.8. The molecule has 0 aliphatic carbocycles. The van der Waals surface area contributed by atoms with E-state index in [0.29, 0.717) is 5.06 Å². The van der Waals surface area contributed by atoms with Crippen molar-refractivity contribution in [3.8, 4) is 0 Å². The zero-order chi connectivity index (χ0) is 13.7. The minimum absolute atomic E-state index is 0.0450. The number of esters is 1. The monoisotopic (exact) mass is 278 g/mol. The highest BCUT2D eigenvalue weighted by molar-refractivity contribution is 7.36. The molecule has 0 spiro atoms. The van der Waals surface area contributed by atoms with E-state index in [1.165, 1.54) is 0 Å². The fourth-order valence-electron chi connectivity index (χ4n) is 1.22. The maximum absolute atomic E-state index is 11.4. The highest BCUT2D eigenvalue weighted by Gasteiger charge is 2.31. The Kier molecular flexibility index (Phi) is 5.46. The molecule has 1 unspecified atom stereocenters. The normalized spacial score (nSPS) is 17.4. The number of ether oxygens (including phenoxy) is 1. The van der Waals surface area contributed by atoms with Gasteiger partial charge in [0, 0.05) is 12.8 Å². The summed E-state index contributed by atoms with van der Waals surface area (Å²) in [6, 6.07) is 0. The summed E-state index contributed by atoms with van der Waals surface area (Å²) in [6.07, 6.45) is -0.184. The zero-order valence-electron chi connectivity index (χ0n) is 10.1. The standard InChI is InChI=1S/C9H15N2O6P/c1-6(2)16-9(14)5-10-18(15)17-11-7(12)3-4-8(11)13/h6,18H,3-5H2,1-2H3,(H,10,15). The molecule has 8 nitrogen and oxygen atoms in total. The molecule has 0 aromatic heterocycles. The number of hydrogen-bond donors (Lipinski definition) is 1. The Labute approximate surface area is 104 Å². The molecule has 0 aromatic carbocycles. The average molecular weight is 278 g/mol. The van der Waals surface area contributed by atoms with Gasteiger partial charge in [0.25, 0.3) is 20.0 Å². The molecule has 1 rings (SSSR count). The van der Waals surface area contributed by atoms with Crippen molar-refractivity contribution in [2.24, 2.45) is 0 Å². The van der Waals surface area contributed by atoms with Gasteiger partial charge in [-0.2, -0.15) is 4.62 Å². The van der Waals surface area contributed by atoms with Crippen LogP contribution in [0.15, 0.2) is 0 Å². The van der Waals surface area contributed by atoms with Gasteiger partial charge in [0.05, 0.1) is 6.10 Å². The fraction of sp³-hybridized carbons (Fsp3) is 0.667. The highest BCUT2D eigenvalue weighted by atomic mass is 31.1. The second-order valence-electron chi connectivity index (χ2n) is 3.85. The van der Waals surface area contributed by atoms with Crippen molar-refractivity contribution in [3.05, 3.63) is 0 Å².